The standard InChI is InChI=1S/C15H28O11/c1-6(2)23-4-8-10(19)13(22)15(5-17,25-8)26-14-12(21)11(20)9(18)7(3-16)24-14/h6-14,16-22H,3-5H2,1-2H3/t7?,8-,9-,10?,11?,12?,13?,14-,15-/m0/s1. The summed E-state index contributed by atoms with van der Waals surface area (Å²) in [4.78, 5) is 0. The number of ether oxygens (including phenoxy) is 4. The normalized spacial score (nSPS) is 46.8. The maximum atomic E-state index is 10.3. The van der Waals surface area contributed by atoms with Crippen LogP contribution < -0.4 is 0 Å². The molecule has 0 amide bonds. The molecule has 2 heterocycles. The molecule has 2 rings (SSSR count). The Morgan fingerprint density at radius 1 is 0.923 bits per heavy atom. The van der Waals surface area contributed by atoms with E-state index in [0.29, 0.717) is 0 Å². The van der Waals surface area contributed by atoms with E-state index >= 15 is 0 Å². The second-order valence-electron chi connectivity index (χ2n) is 6.76. The van der Waals surface area contributed by atoms with E-state index in [1.165, 1.54) is 0 Å². The van der Waals surface area contributed by atoms with Gasteiger partial charge in [0.15, 0.2) is 6.29 Å². The molecule has 11 heteroatoms. The van der Waals surface area contributed by atoms with E-state index in [4.69, 9.17) is 18.9 Å². The highest BCUT2D eigenvalue weighted by Gasteiger charge is 2.58. The van der Waals surface area contributed by atoms with Crippen molar-refractivity contribution in [1.82, 2.24) is 0 Å². The predicted molar refractivity (Wildman–Crippen MR) is 82.6 cm³/mol. The van der Waals surface area contributed by atoms with Crippen LogP contribution in [-0.4, -0.2) is 116 Å². The maximum Gasteiger partial charge on any atom is 0.224 e. The first-order valence-corrected chi connectivity index (χ1v) is 8.41. The van der Waals surface area contributed by atoms with Gasteiger partial charge in [-0.25, -0.2) is 0 Å². The van der Waals surface area contributed by atoms with E-state index in [1.54, 1.807) is 13.8 Å². The lowest BCUT2D eigenvalue weighted by molar-refractivity contribution is -0.383. The number of hydrogen-bond donors (Lipinski definition) is 7. The second-order valence-corrected chi connectivity index (χ2v) is 6.76. The van der Waals surface area contributed by atoms with Gasteiger partial charge in [0.1, 0.15) is 49.3 Å². The van der Waals surface area contributed by atoms with Gasteiger partial charge in [-0.1, -0.05) is 0 Å². The molecule has 0 saturated carbocycles. The molecule has 2 aliphatic heterocycles. The molecule has 2 fully saturated rings. The molecule has 11 nitrogen and oxygen atoms in total. The molecule has 7 N–H and O–H groups in total. The van der Waals surface area contributed by atoms with Crippen LogP contribution in [0.15, 0.2) is 0 Å². The van der Waals surface area contributed by atoms with Crippen LogP contribution in [0.3, 0.4) is 0 Å². The fourth-order valence-corrected chi connectivity index (χ4v) is 2.91. The zero-order valence-electron chi connectivity index (χ0n) is 14.6. The molecule has 2 aliphatic rings. The quantitative estimate of drug-likeness (QED) is 0.228. The zero-order valence-corrected chi connectivity index (χ0v) is 14.6. The molecule has 0 bridgehead atoms. The monoisotopic (exact) mass is 384 g/mol. The third-order valence-corrected chi connectivity index (χ3v) is 4.48. The number of aliphatic hydroxyl groups excluding tert-OH is 7. The summed E-state index contributed by atoms with van der Waals surface area (Å²) >= 11 is 0. The van der Waals surface area contributed by atoms with Crippen LogP contribution in [0, 0.1) is 0 Å². The maximum absolute atomic E-state index is 10.3. The lowest BCUT2D eigenvalue weighted by atomic mass is 9.99. The Labute approximate surface area is 150 Å². The van der Waals surface area contributed by atoms with Gasteiger partial charge in [-0.3, -0.25) is 0 Å². The van der Waals surface area contributed by atoms with E-state index in [2.05, 4.69) is 0 Å². The first kappa shape index (κ1) is 21.9. The van der Waals surface area contributed by atoms with Crippen molar-refractivity contribution < 1.29 is 54.7 Å². The highest BCUT2D eigenvalue weighted by atomic mass is 16.8. The van der Waals surface area contributed by atoms with Gasteiger partial charge in [0.2, 0.25) is 5.79 Å². The SMILES string of the molecule is CC(C)OC[C@@H]1O[C@@](CO)(O[C@@H]2OC(CO)[C@H](O)C(O)C2O)C(O)C1O. The molecule has 154 valence electrons. The van der Waals surface area contributed by atoms with E-state index in [1.807, 2.05) is 0 Å². The minimum atomic E-state index is -2.15. The van der Waals surface area contributed by atoms with Crippen molar-refractivity contribution in [2.24, 2.45) is 0 Å². The predicted octanol–water partition coefficient (Wildman–Crippen LogP) is -3.96. The van der Waals surface area contributed by atoms with Crippen molar-refractivity contribution in [3.8, 4) is 0 Å². The van der Waals surface area contributed by atoms with Gasteiger partial charge < -0.3 is 54.7 Å². The van der Waals surface area contributed by atoms with Gasteiger partial charge in [-0.05, 0) is 13.8 Å². The van der Waals surface area contributed by atoms with Crippen LogP contribution >= 0.6 is 0 Å². The Morgan fingerprint density at radius 3 is 2.12 bits per heavy atom. The Kier molecular flexibility index (Phi) is 7.32. The Bertz CT molecular complexity index is 447. The molecular formula is C15H28O11. The lowest BCUT2D eigenvalue weighted by Gasteiger charge is -2.43. The minimum absolute atomic E-state index is 0.0876. The van der Waals surface area contributed by atoms with Crippen LogP contribution in [0.2, 0.25) is 0 Å². The molecule has 0 aromatic rings. The van der Waals surface area contributed by atoms with Crippen molar-refractivity contribution in [2.45, 2.75) is 74.8 Å². The van der Waals surface area contributed by atoms with Crippen LogP contribution in [0.25, 0.3) is 0 Å². The first-order chi connectivity index (χ1) is 12.2. The molecule has 9 atom stereocenters. The summed E-state index contributed by atoms with van der Waals surface area (Å²) < 4.78 is 21.4. The Balaban J connectivity index is 2.13. The summed E-state index contributed by atoms with van der Waals surface area (Å²) in [6.07, 6.45) is -12.3. The van der Waals surface area contributed by atoms with Crippen LogP contribution in [0.5, 0.6) is 0 Å². The van der Waals surface area contributed by atoms with Crippen LogP contribution in [-0.2, 0) is 18.9 Å². The van der Waals surface area contributed by atoms with Gasteiger partial charge in [-0.2, -0.15) is 0 Å². The summed E-state index contributed by atoms with van der Waals surface area (Å²) in [5.41, 5.74) is 0. The molecule has 0 radical (unpaired) electrons. The van der Waals surface area contributed by atoms with Gasteiger partial charge in [-0.15, -0.1) is 0 Å². The molecule has 2 saturated heterocycles. The van der Waals surface area contributed by atoms with Crippen molar-refractivity contribution in [1.29, 1.82) is 0 Å². The topological polar surface area (TPSA) is 179 Å². The van der Waals surface area contributed by atoms with Crippen LogP contribution in [0.4, 0.5) is 0 Å². The summed E-state index contributed by atoms with van der Waals surface area (Å²) in [6.45, 7) is 1.87. The van der Waals surface area contributed by atoms with Crippen molar-refractivity contribution in [3.05, 3.63) is 0 Å². The van der Waals surface area contributed by atoms with Crippen LogP contribution in [0.1, 0.15) is 13.8 Å². The third kappa shape index (κ3) is 4.18. The number of rotatable bonds is 7. The van der Waals surface area contributed by atoms with Gasteiger partial charge >= 0.3 is 0 Å². The first-order valence-electron chi connectivity index (χ1n) is 8.41. The summed E-state index contributed by atoms with van der Waals surface area (Å²) in [5, 5.41) is 69.0. The van der Waals surface area contributed by atoms with E-state index in [0.717, 1.165) is 0 Å². The Morgan fingerprint density at radius 2 is 1.58 bits per heavy atom. The molecular weight excluding hydrogens is 356 g/mol. The summed E-state index contributed by atoms with van der Waals surface area (Å²) in [6, 6.07) is 0. The fourth-order valence-electron chi connectivity index (χ4n) is 2.91. The summed E-state index contributed by atoms with van der Waals surface area (Å²) in [5.74, 6) is -2.15. The van der Waals surface area contributed by atoms with E-state index < -0.39 is 68.0 Å². The van der Waals surface area contributed by atoms with Crippen molar-refractivity contribution in [3.63, 3.8) is 0 Å². The molecule has 0 aliphatic carbocycles. The van der Waals surface area contributed by atoms with Gasteiger partial charge in [0.05, 0.1) is 19.3 Å². The largest absolute Gasteiger partial charge is 0.394 e. The molecule has 26 heavy (non-hydrogen) atoms. The van der Waals surface area contributed by atoms with Gasteiger partial charge in [0, 0.05) is 0 Å². The zero-order chi connectivity index (χ0) is 19.6. The van der Waals surface area contributed by atoms with Crippen molar-refractivity contribution >= 4 is 0 Å². The average molecular weight is 384 g/mol. The number of hydrogen-bond acceptors (Lipinski definition) is 11. The third-order valence-electron chi connectivity index (χ3n) is 4.48. The molecule has 5 unspecified atom stereocenters. The average Bonchev–Trinajstić information content (AvgIpc) is 2.85. The minimum Gasteiger partial charge on any atom is -0.394 e. The van der Waals surface area contributed by atoms with Gasteiger partial charge in [0.25, 0.3) is 0 Å². The fraction of sp³-hybridized carbons (Fsp3) is 1.00. The number of aliphatic hydroxyl groups is 7. The van der Waals surface area contributed by atoms with E-state index in [-0.39, 0.29) is 12.7 Å². The highest BCUT2D eigenvalue weighted by molar-refractivity contribution is 4.98. The molecule has 0 aromatic heterocycles. The molecule has 0 spiro atoms. The lowest BCUT2D eigenvalue weighted by Crippen LogP contribution is -2.62. The smallest absolute Gasteiger partial charge is 0.224 e. The van der Waals surface area contributed by atoms with E-state index in [9.17, 15) is 35.7 Å². The Hall–Kier alpha value is -0.440. The highest BCUT2D eigenvalue weighted by Crippen LogP contribution is 2.36. The second kappa shape index (κ2) is 8.71. The van der Waals surface area contributed by atoms with Crippen molar-refractivity contribution in [2.75, 3.05) is 19.8 Å². The molecule has 0 aromatic carbocycles. The summed E-state index contributed by atoms with van der Waals surface area (Å²) in [7, 11) is 0.